The van der Waals surface area contributed by atoms with Gasteiger partial charge in [-0.1, -0.05) is 90.4 Å². The average Bonchev–Trinajstić information content (AvgIpc) is 2.59. The minimum absolute atomic E-state index is 0.0578. The van der Waals surface area contributed by atoms with E-state index in [2.05, 4.69) is 11.7 Å². The predicted octanol–water partition coefficient (Wildman–Crippen LogP) is 6.17. The zero-order valence-corrected chi connectivity index (χ0v) is 16.4. The van der Waals surface area contributed by atoms with Gasteiger partial charge >= 0.3 is 5.97 Å². The van der Waals surface area contributed by atoms with Crippen molar-refractivity contribution in [3.8, 4) is 0 Å². The quantitative estimate of drug-likeness (QED) is 0.239. The van der Waals surface area contributed by atoms with Crippen LogP contribution in [-0.4, -0.2) is 24.3 Å². The van der Waals surface area contributed by atoms with Crippen LogP contribution in [0.2, 0.25) is 0 Å². The lowest BCUT2D eigenvalue weighted by Gasteiger charge is -2.09. The van der Waals surface area contributed by atoms with Crippen LogP contribution in [0.3, 0.4) is 0 Å². The van der Waals surface area contributed by atoms with Crippen LogP contribution in [0.15, 0.2) is 0 Å². The molecule has 24 heavy (non-hydrogen) atoms. The number of methoxy groups -OCH3 is 1. The van der Waals surface area contributed by atoms with Crippen LogP contribution in [0, 0.1) is 0 Å². The molecule has 3 nitrogen and oxygen atoms in total. The SMILES string of the molecule is CCCC[C@@H](O)CCCCCCCCCCCCCCC(=O)OC. The molecule has 0 saturated carbocycles. The molecule has 1 N–H and O–H groups in total. The van der Waals surface area contributed by atoms with Gasteiger partial charge in [-0.25, -0.2) is 0 Å². The summed E-state index contributed by atoms with van der Waals surface area (Å²) in [6.45, 7) is 2.18. The standard InChI is InChI=1S/C21H42O3/c1-3-4-17-20(22)18-15-13-11-9-7-5-6-8-10-12-14-16-19-21(23)24-2/h20,22H,3-19H2,1-2H3/t20-/m1/s1. The number of rotatable bonds is 18. The van der Waals surface area contributed by atoms with Crippen LogP contribution < -0.4 is 0 Å². The van der Waals surface area contributed by atoms with Crippen molar-refractivity contribution >= 4 is 5.97 Å². The number of carbonyl (C=O) groups excluding carboxylic acids is 1. The number of hydrogen-bond acceptors (Lipinski definition) is 3. The molecule has 0 aliphatic heterocycles. The summed E-state index contributed by atoms with van der Waals surface area (Å²) in [5.41, 5.74) is 0. The van der Waals surface area contributed by atoms with E-state index in [-0.39, 0.29) is 12.1 Å². The Morgan fingerprint density at radius 2 is 1.17 bits per heavy atom. The fourth-order valence-corrected chi connectivity index (χ4v) is 3.10. The van der Waals surface area contributed by atoms with E-state index in [4.69, 9.17) is 0 Å². The molecule has 0 unspecified atom stereocenters. The smallest absolute Gasteiger partial charge is 0.305 e. The molecule has 1 atom stereocenters. The van der Waals surface area contributed by atoms with Crippen molar-refractivity contribution in [1.82, 2.24) is 0 Å². The maximum atomic E-state index is 11.0. The normalized spacial score (nSPS) is 12.3. The molecule has 0 spiro atoms. The molecule has 0 amide bonds. The Labute approximate surface area is 150 Å². The Morgan fingerprint density at radius 3 is 1.62 bits per heavy atom. The molecule has 0 heterocycles. The summed E-state index contributed by atoms with van der Waals surface area (Å²) in [4.78, 5) is 11.0. The molecule has 0 fully saturated rings. The van der Waals surface area contributed by atoms with Crippen molar-refractivity contribution in [2.45, 2.75) is 122 Å². The zero-order valence-electron chi connectivity index (χ0n) is 16.4. The van der Waals surface area contributed by atoms with Gasteiger partial charge in [0.2, 0.25) is 0 Å². The molecule has 0 aromatic carbocycles. The van der Waals surface area contributed by atoms with Crippen molar-refractivity contribution in [2.24, 2.45) is 0 Å². The second kappa shape index (κ2) is 18.8. The summed E-state index contributed by atoms with van der Waals surface area (Å²) >= 11 is 0. The van der Waals surface area contributed by atoms with E-state index in [9.17, 15) is 9.90 Å². The summed E-state index contributed by atoms with van der Waals surface area (Å²) in [7, 11) is 1.46. The Bertz CT molecular complexity index is 266. The molecular formula is C21H42O3. The average molecular weight is 343 g/mol. The van der Waals surface area contributed by atoms with Gasteiger partial charge < -0.3 is 9.84 Å². The van der Waals surface area contributed by atoms with Crippen molar-refractivity contribution in [1.29, 1.82) is 0 Å². The van der Waals surface area contributed by atoms with Gasteiger partial charge in [-0.15, -0.1) is 0 Å². The first-order valence-electron chi connectivity index (χ1n) is 10.5. The number of aliphatic hydroxyl groups is 1. The molecule has 0 saturated heterocycles. The summed E-state index contributed by atoms with van der Waals surface area (Å²) in [5.74, 6) is -0.0783. The second-order valence-electron chi connectivity index (χ2n) is 7.15. The highest BCUT2D eigenvalue weighted by Crippen LogP contribution is 2.14. The zero-order chi connectivity index (χ0) is 17.9. The van der Waals surface area contributed by atoms with Crippen LogP contribution >= 0.6 is 0 Å². The number of ether oxygens (including phenoxy) is 1. The van der Waals surface area contributed by atoms with E-state index in [0.29, 0.717) is 6.42 Å². The Balaban J connectivity index is 3.09. The van der Waals surface area contributed by atoms with Crippen molar-refractivity contribution < 1.29 is 14.6 Å². The first-order chi connectivity index (χ1) is 11.7. The molecule has 0 rings (SSSR count). The van der Waals surface area contributed by atoms with E-state index in [0.717, 1.165) is 32.1 Å². The molecule has 144 valence electrons. The number of aliphatic hydroxyl groups excluding tert-OH is 1. The highest BCUT2D eigenvalue weighted by atomic mass is 16.5. The molecule has 0 bridgehead atoms. The fourth-order valence-electron chi connectivity index (χ4n) is 3.10. The minimum atomic E-state index is -0.0783. The van der Waals surface area contributed by atoms with Gasteiger partial charge in [0, 0.05) is 6.42 Å². The first-order valence-corrected chi connectivity index (χ1v) is 10.5. The topological polar surface area (TPSA) is 46.5 Å². The third-order valence-corrected chi connectivity index (χ3v) is 4.79. The van der Waals surface area contributed by atoms with Gasteiger partial charge in [0.15, 0.2) is 0 Å². The van der Waals surface area contributed by atoms with Crippen LogP contribution in [0.25, 0.3) is 0 Å². The third kappa shape index (κ3) is 17.8. The maximum Gasteiger partial charge on any atom is 0.305 e. The van der Waals surface area contributed by atoms with E-state index in [1.807, 2.05) is 0 Å². The second-order valence-corrected chi connectivity index (χ2v) is 7.15. The molecule has 0 radical (unpaired) electrons. The minimum Gasteiger partial charge on any atom is -0.469 e. The Morgan fingerprint density at radius 1 is 0.750 bits per heavy atom. The van der Waals surface area contributed by atoms with Crippen molar-refractivity contribution in [3.63, 3.8) is 0 Å². The third-order valence-electron chi connectivity index (χ3n) is 4.79. The molecule has 0 aliphatic rings. The van der Waals surface area contributed by atoms with Crippen molar-refractivity contribution in [3.05, 3.63) is 0 Å². The van der Waals surface area contributed by atoms with Crippen LogP contribution in [-0.2, 0) is 9.53 Å². The fraction of sp³-hybridized carbons (Fsp3) is 0.952. The number of esters is 1. The largest absolute Gasteiger partial charge is 0.469 e. The van der Waals surface area contributed by atoms with Gasteiger partial charge in [0.1, 0.15) is 0 Å². The number of unbranched alkanes of at least 4 members (excludes halogenated alkanes) is 12. The monoisotopic (exact) mass is 342 g/mol. The van der Waals surface area contributed by atoms with E-state index in [1.54, 1.807) is 0 Å². The number of hydrogen-bond donors (Lipinski definition) is 1. The lowest BCUT2D eigenvalue weighted by molar-refractivity contribution is -0.140. The van der Waals surface area contributed by atoms with Crippen LogP contribution in [0.5, 0.6) is 0 Å². The van der Waals surface area contributed by atoms with E-state index < -0.39 is 0 Å². The van der Waals surface area contributed by atoms with Gasteiger partial charge in [-0.05, 0) is 19.3 Å². The van der Waals surface area contributed by atoms with Gasteiger partial charge in [-0.3, -0.25) is 4.79 Å². The molecule has 3 heteroatoms. The molecule has 0 aromatic heterocycles. The van der Waals surface area contributed by atoms with Gasteiger partial charge in [0.05, 0.1) is 13.2 Å². The highest BCUT2D eigenvalue weighted by Gasteiger charge is 2.02. The summed E-state index contributed by atoms with van der Waals surface area (Å²) in [6.07, 6.45) is 20.1. The highest BCUT2D eigenvalue weighted by molar-refractivity contribution is 5.68. The number of carbonyl (C=O) groups is 1. The van der Waals surface area contributed by atoms with Crippen LogP contribution in [0.1, 0.15) is 116 Å². The molecule has 0 aromatic rings. The Kier molecular flexibility index (Phi) is 18.3. The molecular weight excluding hydrogens is 300 g/mol. The lowest BCUT2D eigenvalue weighted by atomic mass is 10.0. The summed E-state index contributed by atoms with van der Waals surface area (Å²) < 4.78 is 4.63. The summed E-state index contributed by atoms with van der Waals surface area (Å²) in [5, 5.41) is 9.77. The Hall–Kier alpha value is -0.570. The lowest BCUT2D eigenvalue weighted by Crippen LogP contribution is -2.05. The van der Waals surface area contributed by atoms with E-state index >= 15 is 0 Å². The molecule has 0 aliphatic carbocycles. The van der Waals surface area contributed by atoms with Crippen LogP contribution in [0.4, 0.5) is 0 Å². The summed E-state index contributed by atoms with van der Waals surface area (Å²) in [6, 6.07) is 0. The predicted molar refractivity (Wildman–Crippen MR) is 102 cm³/mol. The van der Waals surface area contributed by atoms with Crippen molar-refractivity contribution in [2.75, 3.05) is 7.11 Å². The van der Waals surface area contributed by atoms with Gasteiger partial charge in [0.25, 0.3) is 0 Å². The van der Waals surface area contributed by atoms with E-state index in [1.165, 1.54) is 77.7 Å². The van der Waals surface area contributed by atoms with Gasteiger partial charge in [-0.2, -0.15) is 0 Å². The first kappa shape index (κ1) is 23.4. The maximum absolute atomic E-state index is 11.0.